The maximum atomic E-state index is 12.3. The van der Waals surface area contributed by atoms with Gasteiger partial charge in [0.1, 0.15) is 11.8 Å². The third-order valence-electron chi connectivity index (χ3n) is 3.53. The first kappa shape index (κ1) is 16.9. The molecule has 0 aliphatic carbocycles. The fraction of sp³-hybridized carbons (Fsp3) is 0.0556. The van der Waals surface area contributed by atoms with Gasteiger partial charge in [0.05, 0.1) is 35.8 Å². The van der Waals surface area contributed by atoms with Crippen molar-refractivity contribution in [3.63, 3.8) is 0 Å². The monoisotopic (exact) mass is 346 g/mol. The Balaban J connectivity index is 1.91. The molecule has 128 valence electrons. The molecule has 1 amide bonds. The molecule has 0 aliphatic rings. The van der Waals surface area contributed by atoms with Crippen LogP contribution in [0, 0.1) is 11.3 Å². The van der Waals surface area contributed by atoms with Crippen molar-refractivity contribution in [3.05, 3.63) is 60.0 Å². The van der Waals surface area contributed by atoms with Gasteiger partial charge < -0.3 is 15.8 Å². The maximum absolute atomic E-state index is 12.3. The number of ether oxygens (including phenoxy) is 1. The van der Waals surface area contributed by atoms with Crippen molar-refractivity contribution in [2.24, 2.45) is 10.7 Å². The van der Waals surface area contributed by atoms with E-state index in [1.165, 1.54) is 31.6 Å². The standard InChI is InChI=1S/C18H14N6O2/c1-26-18(20)24-15-4-2-3-14-13(15)7-12(10-22-14)23-17(25)16-6-5-11(8-19)9-21-16/h2-7,9-10H,1H3,(H2,20,24)(H,23,25). The molecule has 2 heterocycles. The lowest BCUT2D eigenvalue weighted by Gasteiger charge is -2.07. The first-order valence-electron chi connectivity index (χ1n) is 7.55. The van der Waals surface area contributed by atoms with E-state index in [2.05, 4.69) is 20.3 Å². The zero-order valence-corrected chi connectivity index (χ0v) is 13.8. The summed E-state index contributed by atoms with van der Waals surface area (Å²) in [7, 11) is 1.43. The summed E-state index contributed by atoms with van der Waals surface area (Å²) in [5.41, 5.74) is 7.95. The second-order valence-corrected chi connectivity index (χ2v) is 5.22. The van der Waals surface area contributed by atoms with Crippen LogP contribution < -0.4 is 11.1 Å². The van der Waals surface area contributed by atoms with Gasteiger partial charge in [0.2, 0.25) is 0 Å². The molecular weight excluding hydrogens is 332 g/mol. The van der Waals surface area contributed by atoms with Crippen molar-refractivity contribution < 1.29 is 9.53 Å². The molecule has 26 heavy (non-hydrogen) atoms. The number of aliphatic imine (C=N–C) groups is 1. The Kier molecular flexibility index (Phi) is 4.71. The minimum Gasteiger partial charge on any atom is -0.469 e. The van der Waals surface area contributed by atoms with Gasteiger partial charge in [-0.15, -0.1) is 0 Å². The number of hydrogen-bond donors (Lipinski definition) is 2. The number of carbonyl (C=O) groups excluding carboxylic acids is 1. The third kappa shape index (κ3) is 3.57. The van der Waals surface area contributed by atoms with Crippen LogP contribution in [0.15, 0.2) is 53.8 Å². The van der Waals surface area contributed by atoms with Crippen LogP contribution in [0.4, 0.5) is 11.4 Å². The van der Waals surface area contributed by atoms with Crippen molar-refractivity contribution in [3.8, 4) is 6.07 Å². The van der Waals surface area contributed by atoms with E-state index < -0.39 is 5.91 Å². The van der Waals surface area contributed by atoms with E-state index in [4.69, 9.17) is 15.7 Å². The molecule has 0 fully saturated rings. The van der Waals surface area contributed by atoms with Crippen LogP contribution in [-0.4, -0.2) is 29.0 Å². The molecule has 0 spiro atoms. The fourth-order valence-electron chi connectivity index (χ4n) is 2.25. The number of fused-ring (bicyclic) bond motifs is 1. The number of carbonyl (C=O) groups is 1. The van der Waals surface area contributed by atoms with Gasteiger partial charge in [0.15, 0.2) is 0 Å². The number of aromatic nitrogens is 2. The number of amidine groups is 1. The smallest absolute Gasteiger partial charge is 0.286 e. The second kappa shape index (κ2) is 7.27. The van der Waals surface area contributed by atoms with Crippen LogP contribution in [0.25, 0.3) is 10.9 Å². The van der Waals surface area contributed by atoms with Crippen molar-refractivity contribution in [1.29, 1.82) is 5.26 Å². The highest BCUT2D eigenvalue weighted by molar-refractivity contribution is 6.04. The molecule has 3 aromatic rings. The van der Waals surface area contributed by atoms with Gasteiger partial charge in [-0.1, -0.05) is 6.07 Å². The van der Waals surface area contributed by atoms with Crippen LogP contribution in [-0.2, 0) is 4.74 Å². The van der Waals surface area contributed by atoms with Gasteiger partial charge >= 0.3 is 0 Å². The molecular formula is C18H14N6O2. The summed E-state index contributed by atoms with van der Waals surface area (Å²) in [5, 5.41) is 12.2. The highest BCUT2D eigenvalue weighted by atomic mass is 16.5. The zero-order chi connectivity index (χ0) is 18.5. The molecule has 0 unspecified atom stereocenters. The summed E-state index contributed by atoms with van der Waals surface area (Å²) in [6.07, 6.45) is 2.88. The van der Waals surface area contributed by atoms with Gasteiger partial charge in [0.25, 0.3) is 11.9 Å². The summed E-state index contributed by atoms with van der Waals surface area (Å²) >= 11 is 0. The van der Waals surface area contributed by atoms with Gasteiger partial charge in [-0.25, -0.2) is 4.98 Å². The number of methoxy groups -OCH3 is 1. The van der Waals surface area contributed by atoms with Crippen LogP contribution in [0.1, 0.15) is 16.1 Å². The summed E-state index contributed by atoms with van der Waals surface area (Å²) in [6.45, 7) is 0. The predicted molar refractivity (Wildman–Crippen MR) is 96.9 cm³/mol. The zero-order valence-electron chi connectivity index (χ0n) is 13.8. The van der Waals surface area contributed by atoms with Crippen LogP contribution in [0.2, 0.25) is 0 Å². The highest BCUT2D eigenvalue weighted by Crippen LogP contribution is 2.27. The van der Waals surface area contributed by atoms with E-state index in [1.807, 2.05) is 12.1 Å². The summed E-state index contributed by atoms with van der Waals surface area (Å²) in [5.74, 6) is -0.409. The number of pyridine rings is 2. The third-order valence-corrected chi connectivity index (χ3v) is 3.53. The van der Waals surface area contributed by atoms with E-state index in [9.17, 15) is 4.79 Å². The van der Waals surface area contributed by atoms with E-state index in [1.54, 1.807) is 18.2 Å². The fourth-order valence-corrected chi connectivity index (χ4v) is 2.25. The minimum atomic E-state index is -0.409. The Morgan fingerprint density at radius 1 is 1.27 bits per heavy atom. The van der Waals surface area contributed by atoms with Crippen molar-refractivity contribution in [2.45, 2.75) is 0 Å². The van der Waals surface area contributed by atoms with Gasteiger partial charge in [-0.3, -0.25) is 9.78 Å². The predicted octanol–water partition coefficient (Wildman–Crippen LogP) is 2.35. The molecule has 0 atom stereocenters. The molecule has 0 radical (unpaired) electrons. The van der Waals surface area contributed by atoms with Crippen LogP contribution >= 0.6 is 0 Å². The molecule has 3 rings (SSSR count). The van der Waals surface area contributed by atoms with E-state index in [0.717, 1.165) is 0 Å². The molecule has 3 N–H and O–H groups in total. The average Bonchev–Trinajstić information content (AvgIpc) is 2.68. The minimum absolute atomic E-state index is 0.0220. The summed E-state index contributed by atoms with van der Waals surface area (Å²) < 4.78 is 4.88. The number of nitrogens with zero attached hydrogens (tertiary/aromatic N) is 4. The number of hydrogen-bond acceptors (Lipinski definition) is 6. The topological polar surface area (TPSA) is 126 Å². The molecule has 2 aromatic heterocycles. The lowest BCUT2D eigenvalue weighted by Crippen LogP contribution is -2.14. The molecule has 8 nitrogen and oxygen atoms in total. The molecule has 0 saturated heterocycles. The average molecular weight is 346 g/mol. The normalized spacial score (nSPS) is 11.0. The van der Waals surface area contributed by atoms with Crippen LogP contribution in [0.5, 0.6) is 0 Å². The number of amides is 1. The number of anilines is 1. The number of nitrogens with two attached hydrogens (primary N) is 1. The molecule has 1 aromatic carbocycles. The van der Waals surface area contributed by atoms with Crippen molar-refractivity contribution in [1.82, 2.24) is 9.97 Å². The van der Waals surface area contributed by atoms with E-state index >= 15 is 0 Å². The Hall–Kier alpha value is -3.99. The quantitative estimate of drug-likeness (QED) is 0.553. The Morgan fingerprint density at radius 3 is 2.81 bits per heavy atom. The first-order valence-corrected chi connectivity index (χ1v) is 7.55. The number of nitrogens with one attached hydrogen (secondary N) is 1. The molecule has 0 saturated carbocycles. The second-order valence-electron chi connectivity index (χ2n) is 5.22. The Morgan fingerprint density at radius 2 is 2.12 bits per heavy atom. The molecule has 8 heteroatoms. The lowest BCUT2D eigenvalue weighted by molar-refractivity contribution is 0.102. The highest BCUT2D eigenvalue weighted by Gasteiger charge is 2.10. The lowest BCUT2D eigenvalue weighted by atomic mass is 10.1. The van der Waals surface area contributed by atoms with Gasteiger partial charge in [-0.05, 0) is 30.3 Å². The number of nitriles is 1. The van der Waals surface area contributed by atoms with Crippen LogP contribution in [0.3, 0.4) is 0 Å². The summed E-state index contributed by atoms with van der Waals surface area (Å²) in [4.78, 5) is 24.8. The Labute approximate surface area is 149 Å². The van der Waals surface area contributed by atoms with Crippen molar-refractivity contribution >= 4 is 34.2 Å². The SMILES string of the molecule is COC(N)=Nc1cccc2ncc(NC(=O)c3ccc(C#N)cn3)cc12. The van der Waals surface area contributed by atoms with Crippen molar-refractivity contribution in [2.75, 3.05) is 12.4 Å². The van der Waals surface area contributed by atoms with E-state index in [0.29, 0.717) is 27.8 Å². The first-order chi connectivity index (χ1) is 12.6. The molecule has 0 bridgehead atoms. The largest absolute Gasteiger partial charge is 0.469 e. The maximum Gasteiger partial charge on any atom is 0.286 e. The van der Waals surface area contributed by atoms with E-state index in [-0.39, 0.29) is 11.7 Å². The number of rotatable bonds is 3. The summed E-state index contributed by atoms with van der Waals surface area (Å²) in [6, 6.07) is 12.1. The molecule has 0 aliphatic heterocycles. The number of benzene rings is 1. The van der Waals surface area contributed by atoms with Gasteiger partial charge in [-0.2, -0.15) is 10.3 Å². The Bertz CT molecular complexity index is 1040. The van der Waals surface area contributed by atoms with Gasteiger partial charge in [0, 0.05) is 11.6 Å².